The molecule has 0 spiro atoms. The highest BCUT2D eigenvalue weighted by Gasteiger charge is 2.40. The van der Waals surface area contributed by atoms with E-state index in [1.165, 1.54) is 55.3 Å². The number of anilines is 1. The molecule has 2 N–H and O–H groups in total. The molecule has 0 radical (unpaired) electrons. The highest BCUT2D eigenvalue weighted by atomic mass is 32.1. The summed E-state index contributed by atoms with van der Waals surface area (Å²) in [5.74, 6) is 0.674. The number of piperidine rings is 1. The lowest BCUT2D eigenvalue weighted by Crippen LogP contribution is -2.43. The first-order valence-electron chi connectivity index (χ1n) is 9.08. The Morgan fingerprint density at radius 2 is 1.96 bits per heavy atom. The Morgan fingerprint density at radius 1 is 1.00 bits per heavy atom. The van der Waals surface area contributed by atoms with Crippen LogP contribution in [0, 0.1) is 5.92 Å². The van der Waals surface area contributed by atoms with Gasteiger partial charge >= 0.3 is 0 Å². The third-order valence-electron chi connectivity index (χ3n) is 6.04. The van der Waals surface area contributed by atoms with Crippen molar-refractivity contribution >= 4 is 17.0 Å². The molecule has 3 atom stereocenters. The lowest BCUT2D eigenvalue weighted by molar-refractivity contribution is 0.245. The molecule has 1 aliphatic carbocycles. The molecule has 3 heterocycles. The number of thiophene rings is 1. The normalized spacial score (nSPS) is 29.1. The molecule has 2 nitrogen and oxygen atoms in total. The predicted molar refractivity (Wildman–Crippen MR) is 97.2 cm³/mol. The van der Waals surface area contributed by atoms with Crippen LogP contribution in [0.3, 0.4) is 0 Å². The molecule has 23 heavy (non-hydrogen) atoms. The van der Waals surface area contributed by atoms with E-state index in [4.69, 9.17) is 0 Å². The number of rotatable bonds is 1. The fourth-order valence-electron chi connectivity index (χ4n) is 4.93. The molecular weight excluding hydrogens is 300 g/mol. The summed E-state index contributed by atoms with van der Waals surface area (Å²) in [4.78, 5) is 0. The molecule has 120 valence electrons. The van der Waals surface area contributed by atoms with Crippen molar-refractivity contribution in [3.8, 4) is 0 Å². The molecule has 1 aromatic carbocycles. The molecule has 2 aliphatic heterocycles. The van der Waals surface area contributed by atoms with Gasteiger partial charge in [0.1, 0.15) is 0 Å². The highest BCUT2D eigenvalue weighted by Crippen LogP contribution is 2.49. The van der Waals surface area contributed by atoms with Gasteiger partial charge in [0.25, 0.3) is 0 Å². The summed E-state index contributed by atoms with van der Waals surface area (Å²) in [7, 11) is 0. The van der Waals surface area contributed by atoms with Crippen LogP contribution in [0.25, 0.3) is 0 Å². The van der Waals surface area contributed by atoms with Gasteiger partial charge in [-0.1, -0.05) is 12.1 Å². The maximum Gasteiger partial charge on any atom is 0.0568 e. The molecular formula is C20H24N2S. The van der Waals surface area contributed by atoms with Crippen LogP contribution < -0.4 is 10.6 Å². The van der Waals surface area contributed by atoms with E-state index in [-0.39, 0.29) is 0 Å². The fraction of sp³-hybridized carbons (Fsp3) is 0.500. The van der Waals surface area contributed by atoms with Crippen LogP contribution in [0.4, 0.5) is 5.69 Å². The fourth-order valence-corrected chi connectivity index (χ4v) is 5.63. The van der Waals surface area contributed by atoms with E-state index in [9.17, 15) is 0 Å². The van der Waals surface area contributed by atoms with Gasteiger partial charge in [0.15, 0.2) is 0 Å². The van der Waals surface area contributed by atoms with Crippen molar-refractivity contribution in [1.29, 1.82) is 0 Å². The van der Waals surface area contributed by atoms with Gasteiger partial charge < -0.3 is 10.6 Å². The zero-order valence-electron chi connectivity index (χ0n) is 13.5. The summed E-state index contributed by atoms with van der Waals surface area (Å²) >= 11 is 1.82. The molecule has 3 aliphatic rings. The monoisotopic (exact) mass is 324 g/mol. The number of hydrogen-bond donors (Lipinski definition) is 2. The number of hydrogen-bond acceptors (Lipinski definition) is 3. The second-order valence-electron chi connectivity index (χ2n) is 7.29. The number of nitrogens with one attached hydrogen (secondary N) is 2. The summed E-state index contributed by atoms with van der Waals surface area (Å²) in [6, 6.07) is 8.13. The van der Waals surface area contributed by atoms with E-state index < -0.39 is 0 Å². The number of fused-ring (bicyclic) bond motifs is 5. The molecule has 2 aromatic rings. The molecule has 1 saturated heterocycles. The minimum atomic E-state index is 0.472. The van der Waals surface area contributed by atoms with Crippen molar-refractivity contribution in [3.05, 3.63) is 51.2 Å². The highest BCUT2D eigenvalue weighted by molar-refractivity contribution is 7.08. The van der Waals surface area contributed by atoms with Crippen molar-refractivity contribution in [1.82, 2.24) is 5.32 Å². The van der Waals surface area contributed by atoms with Crippen LogP contribution in [0.15, 0.2) is 29.0 Å². The maximum absolute atomic E-state index is 3.99. The van der Waals surface area contributed by atoms with Crippen molar-refractivity contribution in [2.24, 2.45) is 5.92 Å². The van der Waals surface area contributed by atoms with Gasteiger partial charge in [-0.3, -0.25) is 0 Å². The van der Waals surface area contributed by atoms with Crippen molar-refractivity contribution < 1.29 is 0 Å². The van der Waals surface area contributed by atoms with E-state index in [2.05, 4.69) is 39.6 Å². The summed E-state index contributed by atoms with van der Waals surface area (Å²) in [5, 5.41) is 12.4. The second-order valence-corrected chi connectivity index (χ2v) is 8.07. The molecule has 0 saturated carbocycles. The standard InChI is InChI=1S/C20H24N2S/c1-2-5-15-13(4-1)7-8-17-19-16(6-3-10-21-19)18(22-20(15)17)14-9-11-23-12-14/h7-9,11-12,16,18-19,21-22H,1-6,10H2/t16-,18+,19-/m1/s1. The third kappa shape index (κ3) is 2.25. The summed E-state index contributed by atoms with van der Waals surface area (Å²) in [6.45, 7) is 1.16. The quantitative estimate of drug-likeness (QED) is 0.785. The molecule has 3 heteroatoms. The SMILES string of the molecule is c1cc([C@@H]2Nc3c(ccc4c3CCCC4)[C@@H]3NCCC[C@H]23)cs1. The van der Waals surface area contributed by atoms with Crippen LogP contribution in [0.1, 0.15) is 60.0 Å². The lowest BCUT2D eigenvalue weighted by atomic mass is 9.74. The molecule has 1 aromatic heterocycles. The average Bonchev–Trinajstić information content (AvgIpc) is 3.15. The molecule has 0 bridgehead atoms. The minimum absolute atomic E-state index is 0.472. The van der Waals surface area contributed by atoms with Gasteiger partial charge in [0.05, 0.1) is 6.04 Å². The van der Waals surface area contributed by atoms with Crippen molar-refractivity contribution in [3.63, 3.8) is 0 Å². The molecule has 0 unspecified atom stereocenters. The Balaban J connectivity index is 1.64. The van der Waals surface area contributed by atoms with Crippen molar-refractivity contribution in [2.75, 3.05) is 11.9 Å². The number of aryl methyl sites for hydroxylation is 1. The minimum Gasteiger partial charge on any atom is -0.377 e. The van der Waals surface area contributed by atoms with E-state index in [0.717, 1.165) is 6.54 Å². The van der Waals surface area contributed by atoms with E-state index >= 15 is 0 Å². The molecule has 0 amide bonds. The first-order valence-corrected chi connectivity index (χ1v) is 10.0. The van der Waals surface area contributed by atoms with Gasteiger partial charge in [0, 0.05) is 17.6 Å². The van der Waals surface area contributed by atoms with Crippen LogP contribution in [-0.2, 0) is 12.8 Å². The zero-order valence-corrected chi connectivity index (χ0v) is 14.3. The zero-order chi connectivity index (χ0) is 15.2. The Labute approximate surface area is 142 Å². The topological polar surface area (TPSA) is 24.1 Å². The Hall–Kier alpha value is -1.32. The summed E-state index contributed by atoms with van der Waals surface area (Å²) < 4.78 is 0. The summed E-state index contributed by atoms with van der Waals surface area (Å²) in [6.07, 6.45) is 7.82. The Kier molecular flexibility index (Phi) is 3.45. The molecule has 1 fully saturated rings. The van der Waals surface area contributed by atoms with Crippen LogP contribution in [0.5, 0.6) is 0 Å². The summed E-state index contributed by atoms with van der Waals surface area (Å²) in [5.41, 5.74) is 7.67. The van der Waals surface area contributed by atoms with Crippen LogP contribution >= 0.6 is 11.3 Å². The Morgan fingerprint density at radius 3 is 2.87 bits per heavy atom. The smallest absolute Gasteiger partial charge is 0.0568 e. The Bertz CT molecular complexity index is 707. The van der Waals surface area contributed by atoms with Gasteiger partial charge in [0.2, 0.25) is 0 Å². The number of benzene rings is 1. The third-order valence-corrected chi connectivity index (χ3v) is 6.74. The van der Waals surface area contributed by atoms with E-state index in [0.29, 0.717) is 18.0 Å². The lowest BCUT2D eigenvalue weighted by Gasteiger charge is -2.45. The van der Waals surface area contributed by atoms with E-state index in [1.807, 2.05) is 11.3 Å². The molecule has 5 rings (SSSR count). The van der Waals surface area contributed by atoms with Crippen LogP contribution in [-0.4, -0.2) is 6.54 Å². The van der Waals surface area contributed by atoms with E-state index in [1.54, 1.807) is 11.1 Å². The largest absolute Gasteiger partial charge is 0.377 e. The maximum atomic E-state index is 3.99. The van der Waals surface area contributed by atoms with Crippen molar-refractivity contribution in [2.45, 2.75) is 50.6 Å². The van der Waals surface area contributed by atoms with Crippen LogP contribution in [0.2, 0.25) is 0 Å². The first kappa shape index (κ1) is 14.1. The second kappa shape index (κ2) is 5.64. The van der Waals surface area contributed by atoms with Gasteiger partial charge in [-0.05, 0) is 84.1 Å². The predicted octanol–water partition coefficient (Wildman–Crippen LogP) is 4.83. The van der Waals surface area contributed by atoms with Gasteiger partial charge in [-0.25, -0.2) is 0 Å². The average molecular weight is 324 g/mol. The van der Waals surface area contributed by atoms with Gasteiger partial charge in [-0.2, -0.15) is 11.3 Å². The van der Waals surface area contributed by atoms with Gasteiger partial charge in [-0.15, -0.1) is 0 Å². The first-order chi connectivity index (χ1) is 11.4.